The average molecular weight is 380 g/mol. The van der Waals surface area contributed by atoms with Crippen molar-refractivity contribution >= 4 is 5.97 Å². The van der Waals surface area contributed by atoms with Crippen LogP contribution in [0, 0.1) is 26.7 Å². The Labute approximate surface area is 164 Å². The number of aryl methyl sites for hydroxylation is 3. The van der Waals surface area contributed by atoms with E-state index >= 15 is 0 Å². The number of para-hydroxylation sites is 1. The van der Waals surface area contributed by atoms with Crippen LogP contribution in [0.5, 0.6) is 11.6 Å². The first-order valence-corrected chi connectivity index (χ1v) is 9.14. The molecule has 0 aliphatic heterocycles. The zero-order chi connectivity index (χ0) is 20.4. The van der Waals surface area contributed by atoms with E-state index in [2.05, 4.69) is 15.0 Å². The molecule has 1 aromatic carbocycles. The molecule has 28 heavy (non-hydrogen) atoms. The zero-order valence-electron chi connectivity index (χ0n) is 16.7. The van der Waals surface area contributed by atoms with Crippen LogP contribution in [0.15, 0.2) is 30.6 Å². The number of rotatable bonds is 6. The van der Waals surface area contributed by atoms with Gasteiger partial charge < -0.3 is 14.4 Å². The first-order chi connectivity index (χ1) is 13.3. The molecule has 146 valence electrons. The summed E-state index contributed by atoms with van der Waals surface area (Å²) in [6, 6.07) is 5.91. The Balaban J connectivity index is 2.05. The lowest BCUT2D eigenvalue weighted by atomic mass is 10.1. The van der Waals surface area contributed by atoms with Crippen molar-refractivity contribution in [2.45, 2.75) is 41.2 Å². The summed E-state index contributed by atoms with van der Waals surface area (Å²) in [5, 5.41) is 9.61. The Morgan fingerprint density at radius 1 is 1.14 bits per heavy atom. The van der Waals surface area contributed by atoms with E-state index in [9.17, 15) is 9.90 Å². The van der Waals surface area contributed by atoms with Crippen LogP contribution in [-0.2, 0) is 6.54 Å². The fourth-order valence-corrected chi connectivity index (χ4v) is 3.15. The lowest BCUT2D eigenvalue weighted by Gasteiger charge is -2.13. The predicted octanol–water partition coefficient (Wildman–Crippen LogP) is 4.41. The summed E-state index contributed by atoms with van der Waals surface area (Å²) < 4.78 is 7.67. The van der Waals surface area contributed by atoms with Gasteiger partial charge in [0.15, 0.2) is 11.5 Å². The van der Waals surface area contributed by atoms with Gasteiger partial charge in [-0.2, -0.15) is 0 Å². The van der Waals surface area contributed by atoms with Gasteiger partial charge in [0.25, 0.3) is 0 Å². The molecule has 0 unspecified atom stereocenters. The van der Waals surface area contributed by atoms with Gasteiger partial charge in [0.2, 0.25) is 5.88 Å². The predicted molar refractivity (Wildman–Crippen MR) is 106 cm³/mol. The molecule has 2 heterocycles. The molecule has 1 N–H and O–H groups in total. The second-order valence-electron chi connectivity index (χ2n) is 7.24. The van der Waals surface area contributed by atoms with Crippen LogP contribution in [-0.4, -0.2) is 30.6 Å². The third kappa shape index (κ3) is 3.88. The molecule has 3 rings (SSSR count). The Morgan fingerprint density at radius 2 is 1.82 bits per heavy atom. The third-order valence-electron chi connectivity index (χ3n) is 4.35. The molecule has 7 nitrogen and oxygen atoms in total. The summed E-state index contributed by atoms with van der Waals surface area (Å²) in [6.07, 6.45) is 3.11. The van der Waals surface area contributed by atoms with Gasteiger partial charge in [-0.3, -0.25) is 4.98 Å². The number of aromatic nitrogens is 4. The van der Waals surface area contributed by atoms with Crippen molar-refractivity contribution in [1.82, 2.24) is 19.5 Å². The fourth-order valence-electron chi connectivity index (χ4n) is 3.15. The number of carbonyl (C=O) groups is 1. The summed E-state index contributed by atoms with van der Waals surface area (Å²) >= 11 is 0. The molecule has 0 aliphatic rings. The first-order valence-electron chi connectivity index (χ1n) is 9.14. The highest BCUT2D eigenvalue weighted by molar-refractivity contribution is 5.88. The van der Waals surface area contributed by atoms with E-state index in [1.165, 1.54) is 6.20 Å². The molecule has 0 saturated heterocycles. The maximum atomic E-state index is 11.7. The van der Waals surface area contributed by atoms with E-state index in [4.69, 9.17) is 4.74 Å². The van der Waals surface area contributed by atoms with Crippen molar-refractivity contribution in [3.63, 3.8) is 0 Å². The summed E-state index contributed by atoms with van der Waals surface area (Å²) in [6.45, 7) is 10.2. The van der Waals surface area contributed by atoms with Crippen molar-refractivity contribution in [2.24, 2.45) is 5.92 Å². The number of hydrogen-bond donors (Lipinski definition) is 1. The molecule has 0 aliphatic carbocycles. The number of carboxylic acids is 1. The highest BCUT2D eigenvalue weighted by atomic mass is 16.5. The Kier molecular flexibility index (Phi) is 5.44. The minimum atomic E-state index is -1.01. The van der Waals surface area contributed by atoms with Crippen molar-refractivity contribution < 1.29 is 14.6 Å². The molecular weight excluding hydrogens is 356 g/mol. The maximum Gasteiger partial charge on any atom is 0.354 e. The molecule has 0 amide bonds. The van der Waals surface area contributed by atoms with E-state index in [-0.39, 0.29) is 11.6 Å². The molecule has 7 heteroatoms. The summed E-state index contributed by atoms with van der Waals surface area (Å²) in [5.41, 5.74) is 3.09. The standard InChI is InChI=1S/C21H24N4O3/c1-12(2)11-25-18(21(26)27)15(5)23-20(25)16-9-22-10-17(24-16)28-19-13(3)7-6-8-14(19)4/h6-10,12H,11H2,1-5H3,(H,26,27). The molecule has 0 spiro atoms. The van der Waals surface area contributed by atoms with Crippen molar-refractivity contribution in [3.8, 4) is 23.1 Å². The number of nitrogens with zero attached hydrogens (tertiary/aromatic N) is 4. The molecule has 0 atom stereocenters. The highest BCUT2D eigenvalue weighted by Crippen LogP contribution is 2.29. The Hall–Kier alpha value is -3.22. The van der Waals surface area contributed by atoms with Crippen LogP contribution in [0.25, 0.3) is 11.5 Å². The SMILES string of the molecule is Cc1cccc(C)c1Oc1cncc(-c2nc(C)c(C(=O)O)n2CC(C)C)n1. The second-order valence-corrected chi connectivity index (χ2v) is 7.24. The summed E-state index contributed by atoms with van der Waals surface area (Å²) in [4.78, 5) is 25.0. The minimum Gasteiger partial charge on any atom is -0.477 e. The van der Waals surface area contributed by atoms with Gasteiger partial charge in [-0.25, -0.2) is 14.8 Å². The van der Waals surface area contributed by atoms with E-state index in [0.717, 1.165) is 16.9 Å². The van der Waals surface area contributed by atoms with Crippen LogP contribution in [0.1, 0.15) is 41.2 Å². The highest BCUT2D eigenvalue weighted by Gasteiger charge is 2.23. The van der Waals surface area contributed by atoms with Gasteiger partial charge in [-0.05, 0) is 37.8 Å². The van der Waals surface area contributed by atoms with Crippen molar-refractivity contribution in [2.75, 3.05) is 0 Å². The van der Waals surface area contributed by atoms with Crippen LogP contribution >= 0.6 is 0 Å². The van der Waals surface area contributed by atoms with Gasteiger partial charge in [0, 0.05) is 6.54 Å². The number of ether oxygens (including phenoxy) is 1. The second kappa shape index (κ2) is 7.80. The quantitative estimate of drug-likeness (QED) is 0.681. The molecule has 3 aromatic rings. The molecule has 2 aromatic heterocycles. The Morgan fingerprint density at radius 3 is 2.43 bits per heavy atom. The van der Waals surface area contributed by atoms with E-state index < -0.39 is 5.97 Å². The monoisotopic (exact) mass is 380 g/mol. The van der Waals surface area contributed by atoms with Crippen LogP contribution in [0.4, 0.5) is 0 Å². The molecule has 0 fully saturated rings. The average Bonchev–Trinajstić information content (AvgIpc) is 2.94. The Bertz CT molecular complexity index is 1000. The van der Waals surface area contributed by atoms with Crippen LogP contribution in [0.3, 0.4) is 0 Å². The van der Waals surface area contributed by atoms with Crippen molar-refractivity contribution in [1.29, 1.82) is 0 Å². The normalized spacial score (nSPS) is 11.1. The van der Waals surface area contributed by atoms with Gasteiger partial charge in [-0.1, -0.05) is 32.0 Å². The fraction of sp³-hybridized carbons (Fsp3) is 0.333. The molecule has 0 saturated carbocycles. The van der Waals surface area contributed by atoms with Gasteiger partial charge in [0.1, 0.15) is 11.4 Å². The lowest BCUT2D eigenvalue weighted by molar-refractivity contribution is 0.0683. The van der Waals surface area contributed by atoms with E-state index in [0.29, 0.717) is 29.6 Å². The van der Waals surface area contributed by atoms with Gasteiger partial charge >= 0.3 is 5.97 Å². The van der Waals surface area contributed by atoms with Gasteiger partial charge in [0.05, 0.1) is 18.1 Å². The number of imidazole rings is 1. The molecular formula is C21H24N4O3. The molecule has 0 bridgehead atoms. The first kappa shape index (κ1) is 19.5. The van der Waals surface area contributed by atoms with Crippen LogP contribution < -0.4 is 4.74 Å². The maximum absolute atomic E-state index is 11.7. The lowest BCUT2D eigenvalue weighted by Crippen LogP contribution is -2.14. The summed E-state index contributed by atoms with van der Waals surface area (Å²) in [5.74, 6) is 0.786. The van der Waals surface area contributed by atoms with Crippen LogP contribution in [0.2, 0.25) is 0 Å². The zero-order valence-corrected chi connectivity index (χ0v) is 16.7. The third-order valence-corrected chi connectivity index (χ3v) is 4.35. The summed E-state index contributed by atoms with van der Waals surface area (Å²) in [7, 11) is 0. The number of carboxylic acid groups (broad SMARTS) is 1. The molecule has 0 radical (unpaired) electrons. The minimum absolute atomic E-state index is 0.173. The van der Waals surface area contributed by atoms with Gasteiger partial charge in [-0.15, -0.1) is 0 Å². The van der Waals surface area contributed by atoms with E-state index in [1.807, 2.05) is 45.9 Å². The number of hydrogen-bond acceptors (Lipinski definition) is 5. The number of aromatic carboxylic acids is 1. The van der Waals surface area contributed by atoms with Crippen molar-refractivity contribution in [3.05, 3.63) is 53.1 Å². The number of benzene rings is 1. The largest absolute Gasteiger partial charge is 0.477 e. The van der Waals surface area contributed by atoms with E-state index in [1.54, 1.807) is 17.7 Å². The topological polar surface area (TPSA) is 90.1 Å². The smallest absolute Gasteiger partial charge is 0.354 e.